The smallest absolute Gasteiger partial charge is 0.336 e. The Hall–Kier alpha value is -3.22. The Morgan fingerprint density at radius 1 is 1.23 bits per heavy atom. The van der Waals surface area contributed by atoms with Gasteiger partial charge in [-0.2, -0.15) is 4.68 Å². The first-order chi connectivity index (χ1) is 16.9. The summed E-state index contributed by atoms with van der Waals surface area (Å²) in [6, 6.07) is 3.75. The molecule has 12 heteroatoms. The number of nitrogens with zero attached hydrogens (tertiary/aromatic N) is 7. The lowest BCUT2D eigenvalue weighted by molar-refractivity contribution is -0.143. The molecule has 1 amide bonds. The van der Waals surface area contributed by atoms with Gasteiger partial charge in [-0.1, -0.05) is 6.07 Å². The summed E-state index contributed by atoms with van der Waals surface area (Å²) in [4.78, 5) is 33.6. The quantitative estimate of drug-likeness (QED) is 0.547. The van der Waals surface area contributed by atoms with Crippen LogP contribution in [0.3, 0.4) is 0 Å². The number of tetrazole rings is 1. The van der Waals surface area contributed by atoms with E-state index in [0.717, 1.165) is 12.8 Å². The average Bonchev–Trinajstić information content (AvgIpc) is 3.60. The number of carbonyl (C=O) groups is 2. The Balaban J connectivity index is 1.17. The van der Waals surface area contributed by atoms with Gasteiger partial charge in [-0.3, -0.25) is 9.69 Å². The SMILES string of the molecule is CC1=C(N2CC(O)C3(CC4CCC(C3)N4C[C@@H](O)c3ccc(-n4cnnn4)nc3)C2=O)COC1=O. The maximum absolute atomic E-state index is 13.6. The molecule has 2 bridgehead atoms. The van der Waals surface area contributed by atoms with Crippen LogP contribution in [0.2, 0.25) is 0 Å². The van der Waals surface area contributed by atoms with Crippen LogP contribution in [0.5, 0.6) is 0 Å². The number of amides is 1. The standard InChI is InChI=1S/C23H27N7O5/c1-13-17(11-35-21(13)33)29-10-19(32)23(22(29)34)6-15-3-4-16(7-23)28(15)9-18(31)14-2-5-20(24-8-14)30-12-25-26-27-30/h2,5,8,12,15-16,18-19,31-32H,3-4,6-7,9-11H2,1H3/t15?,16?,18-,19?,23?/m1/s1. The van der Waals surface area contributed by atoms with Gasteiger partial charge in [-0.05, 0) is 49.1 Å². The number of carbonyl (C=O) groups excluding carboxylic acids is 2. The summed E-state index contributed by atoms with van der Waals surface area (Å²) in [6.07, 6.45) is 4.43. The van der Waals surface area contributed by atoms with Crippen LogP contribution in [0.15, 0.2) is 35.9 Å². The molecular weight excluding hydrogens is 454 g/mol. The predicted molar refractivity (Wildman–Crippen MR) is 118 cm³/mol. The van der Waals surface area contributed by atoms with Gasteiger partial charge in [-0.15, -0.1) is 5.10 Å². The number of hydrogen-bond acceptors (Lipinski definition) is 10. The van der Waals surface area contributed by atoms with Crippen molar-refractivity contribution in [3.8, 4) is 5.82 Å². The summed E-state index contributed by atoms with van der Waals surface area (Å²) in [5.41, 5.74) is 0.837. The summed E-state index contributed by atoms with van der Waals surface area (Å²) >= 11 is 0. The number of esters is 1. The number of ether oxygens (including phenoxy) is 1. The zero-order valence-electron chi connectivity index (χ0n) is 19.3. The molecule has 2 aromatic heterocycles. The highest BCUT2D eigenvalue weighted by molar-refractivity contribution is 5.94. The fourth-order valence-electron chi connectivity index (χ4n) is 6.25. The number of aliphatic hydroxyl groups is 2. The number of piperidine rings is 1. The first-order valence-corrected chi connectivity index (χ1v) is 11.9. The molecular formula is C23H27N7O5. The van der Waals surface area contributed by atoms with E-state index < -0.39 is 23.6 Å². The molecule has 1 spiro atoms. The van der Waals surface area contributed by atoms with Gasteiger partial charge in [0.1, 0.15) is 12.9 Å². The molecule has 4 atom stereocenters. The second-order valence-electron chi connectivity index (χ2n) is 9.95. The number of β-amino-alcohol motifs (C(OH)–C–C–N with tert-alkyl or cyclic N) is 1. The molecule has 2 aromatic rings. The summed E-state index contributed by atoms with van der Waals surface area (Å²) < 4.78 is 6.54. The van der Waals surface area contributed by atoms with Gasteiger partial charge in [0.25, 0.3) is 0 Å². The van der Waals surface area contributed by atoms with E-state index in [1.54, 1.807) is 24.1 Å². The minimum atomic E-state index is -0.860. The van der Waals surface area contributed by atoms with Crippen molar-refractivity contribution >= 4 is 11.9 Å². The molecule has 0 radical (unpaired) electrons. The van der Waals surface area contributed by atoms with Crippen molar-refractivity contribution in [1.29, 1.82) is 0 Å². The van der Waals surface area contributed by atoms with Crippen molar-refractivity contribution in [3.63, 3.8) is 0 Å². The van der Waals surface area contributed by atoms with Crippen LogP contribution in [-0.4, -0.2) is 95.0 Å². The Kier molecular flexibility index (Phi) is 5.20. The lowest BCUT2D eigenvalue weighted by Crippen LogP contribution is -2.54. The van der Waals surface area contributed by atoms with Crippen LogP contribution >= 0.6 is 0 Å². The van der Waals surface area contributed by atoms with Gasteiger partial charge in [0.05, 0.1) is 35.4 Å². The topological polar surface area (TPSA) is 147 Å². The minimum Gasteiger partial charge on any atom is -0.456 e. The maximum atomic E-state index is 13.6. The molecule has 4 aliphatic rings. The predicted octanol–water partition coefficient (Wildman–Crippen LogP) is -0.262. The zero-order chi connectivity index (χ0) is 24.3. The minimum absolute atomic E-state index is 0.0740. The van der Waals surface area contributed by atoms with Crippen LogP contribution in [0.25, 0.3) is 5.82 Å². The van der Waals surface area contributed by atoms with Crippen molar-refractivity contribution in [3.05, 3.63) is 41.5 Å². The molecule has 3 unspecified atom stereocenters. The summed E-state index contributed by atoms with van der Waals surface area (Å²) in [7, 11) is 0. The third-order valence-electron chi connectivity index (χ3n) is 8.16. The van der Waals surface area contributed by atoms with Crippen LogP contribution < -0.4 is 0 Å². The Labute approximate surface area is 201 Å². The number of likely N-dealkylation sites (tertiary alicyclic amines) is 1. The fourth-order valence-corrected chi connectivity index (χ4v) is 6.25. The molecule has 0 aromatic carbocycles. The Morgan fingerprint density at radius 2 is 2.00 bits per heavy atom. The van der Waals surface area contributed by atoms with Crippen molar-refractivity contribution in [2.45, 2.75) is 56.9 Å². The first kappa shape index (κ1) is 22.3. The van der Waals surface area contributed by atoms with E-state index in [9.17, 15) is 19.8 Å². The molecule has 3 fully saturated rings. The number of cyclic esters (lactones) is 1. The first-order valence-electron chi connectivity index (χ1n) is 11.9. The molecule has 35 heavy (non-hydrogen) atoms. The van der Waals surface area contributed by atoms with Crippen LogP contribution in [0, 0.1) is 5.41 Å². The summed E-state index contributed by atoms with van der Waals surface area (Å²) in [6.45, 7) is 2.35. The van der Waals surface area contributed by atoms with Crippen LogP contribution in [0.1, 0.15) is 44.3 Å². The number of aromatic nitrogens is 5. The van der Waals surface area contributed by atoms with Gasteiger partial charge in [0, 0.05) is 30.4 Å². The van der Waals surface area contributed by atoms with Crippen LogP contribution in [-0.2, 0) is 14.3 Å². The zero-order valence-corrected chi connectivity index (χ0v) is 19.3. The lowest BCUT2D eigenvalue weighted by Gasteiger charge is -2.45. The van der Waals surface area contributed by atoms with E-state index in [2.05, 4.69) is 25.4 Å². The highest BCUT2D eigenvalue weighted by Crippen LogP contribution is 2.52. The average molecular weight is 482 g/mol. The van der Waals surface area contributed by atoms with Crippen LogP contribution in [0.4, 0.5) is 0 Å². The Bertz CT molecular complexity index is 1170. The molecule has 0 aliphatic carbocycles. The molecule has 0 saturated carbocycles. The number of aliphatic hydroxyl groups excluding tert-OH is 2. The highest BCUT2D eigenvalue weighted by atomic mass is 16.5. The van der Waals surface area contributed by atoms with E-state index in [0.29, 0.717) is 42.0 Å². The van der Waals surface area contributed by atoms with Crippen molar-refractivity contribution in [2.24, 2.45) is 5.41 Å². The van der Waals surface area contributed by atoms with Gasteiger partial charge in [0.15, 0.2) is 5.82 Å². The third kappa shape index (κ3) is 3.46. The molecule has 184 valence electrons. The van der Waals surface area contributed by atoms with E-state index >= 15 is 0 Å². The number of pyridine rings is 1. The summed E-state index contributed by atoms with van der Waals surface area (Å²) in [5.74, 6) is 0.0358. The molecule has 12 nitrogen and oxygen atoms in total. The van der Waals surface area contributed by atoms with Gasteiger partial charge in [0.2, 0.25) is 5.91 Å². The fraction of sp³-hybridized carbons (Fsp3) is 0.565. The summed E-state index contributed by atoms with van der Waals surface area (Å²) in [5, 5.41) is 33.0. The largest absolute Gasteiger partial charge is 0.456 e. The second-order valence-corrected chi connectivity index (χ2v) is 9.95. The maximum Gasteiger partial charge on any atom is 0.336 e. The van der Waals surface area contributed by atoms with E-state index in [4.69, 9.17) is 4.74 Å². The third-order valence-corrected chi connectivity index (χ3v) is 8.16. The Morgan fingerprint density at radius 3 is 2.60 bits per heavy atom. The lowest BCUT2D eigenvalue weighted by atomic mass is 9.72. The molecule has 3 saturated heterocycles. The van der Waals surface area contributed by atoms with Gasteiger partial charge < -0.3 is 19.8 Å². The van der Waals surface area contributed by atoms with Crippen molar-refractivity contribution < 1.29 is 24.5 Å². The normalized spacial score (nSPS) is 31.6. The van der Waals surface area contributed by atoms with E-state index in [-0.39, 0.29) is 31.1 Å². The second kappa shape index (κ2) is 8.18. The van der Waals surface area contributed by atoms with E-state index in [1.165, 1.54) is 11.0 Å². The number of hydrogen-bond donors (Lipinski definition) is 2. The van der Waals surface area contributed by atoms with E-state index in [1.807, 2.05) is 6.07 Å². The van der Waals surface area contributed by atoms with Gasteiger partial charge in [-0.25, -0.2) is 9.78 Å². The monoisotopic (exact) mass is 481 g/mol. The number of fused-ring (bicyclic) bond motifs is 2. The van der Waals surface area contributed by atoms with Crippen molar-refractivity contribution in [2.75, 3.05) is 19.7 Å². The van der Waals surface area contributed by atoms with Crippen molar-refractivity contribution in [1.82, 2.24) is 35.0 Å². The van der Waals surface area contributed by atoms with Gasteiger partial charge >= 0.3 is 5.97 Å². The highest BCUT2D eigenvalue weighted by Gasteiger charge is 2.61. The number of rotatable bonds is 5. The molecule has 2 N–H and O–H groups in total. The molecule has 6 heterocycles. The molecule has 6 rings (SSSR count). The molecule has 4 aliphatic heterocycles.